The molecule has 6 heteroatoms. The van der Waals surface area contributed by atoms with Crippen molar-refractivity contribution in [1.29, 1.82) is 0 Å². The van der Waals surface area contributed by atoms with Gasteiger partial charge in [-0.05, 0) is 43.3 Å². The van der Waals surface area contributed by atoms with Crippen LogP contribution >= 0.6 is 0 Å². The zero-order valence-electron chi connectivity index (χ0n) is 13.8. The highest BCUT2D eigenvalue weighted by Gasteiger charge is 2.11. The van der Waals surface area contributed by atoms with Crippen LogP contribution in [0.1, 0.15) is 35.7 Å². The van der Waals surface area contributed by atoms with Gasteiger partial charge in [-0.15, -0.1) is 0 Å². The van der Waals surface area contributed by atoms with E-state index in [4.69, 9.17) is 9.47 Å². The van der Waals surface area contributed by atoms with Gasteiger partial charge in [-0.1, -0.05) is 6.07 Å². The van der Waals surface area contributed by atoms with Crippen LogP contribution in [0.4, 0.5) is 8.78 Å². The minimum Gasteiger partial charge on any atom is -0.489 e. The van der Waals surface area contributed by atoms with Crippen molar-refractivity contribution >= 4 is 11.8 Å². The zero-order chi connectivity index (χ0) is 18.2. The number of ether oxygens (including phenoxy) is 2. The lowest BCUT2D eigenvalue weighted by molar-refractivity contribution is -0.143. The van der Waals surface area contributed by atoms with Gasteiger partial charge in [0, 0.05) is 12.0 Å². The Bertz CT molecular complexity index is 721. The molecule has 0 N–H and O–H groups in total. The van der Waals surface area contributed by atoms with Crippen molar-refractivity contribution in [2.45, 2.75) is 26.4 Å². The Labute approximate surface area is 144 Å². The minimum absolute atomic E-state index is 0.0253. The molecule has 0 saturated heterocycles. The zero-order valence-corrected chi connectivity index (χ0v) is 13.8. The maximum Gasteiger partial charge on any atom is 0.306 e. The quantitative estimate of drug-likeness (QED) is 0.533. The van der Waals surface area contributed by atoms with Gasteiger partial charge in [-0.3, -0.25) is 9.59 Å². The summed E-state index contributed by atoms with van der Waals surface area (Å²) in [5, 5.41) is 0. The van der Waals surface area contributed by atoms with Crippen LogP contribution in [-0.4, -0.2) is 18.4 Å². The van der Waals surface area contributed by atoms with Gasteiger partial charge < -0.3 is 9.47 Å². The molecule has 132 valence electrons. The molecule has 0 amide bonds. The van der Waals surface area contributed by atoms with Gasteiger partial charge in [0.05, 0.1) is 18.6 Å². The molecule has 0 fully saturated rings. The number of carbonyl (C=O) groups excluding carboxylic acids is 2. The molecule has 0 aromatic heterocycles. The number of halogens is 2. The molecular formula is C19H18F2O4. The van der Waals surface area contributed by atoms with Crippen LogP contribution in [0, 0.1) is 11.6 Å². The molecule has 0 bridgehead atoms. The van der Waals surface area contributed by atoms with Crippen molar-refractivity contribution in [2.24, 2.45) is 0 Å². The molecule has 0 saturated carbocycles. The van der Waals surface area contributed by atoms with E-state index in [-0.39, 0.29) is 37.4 Å². The molecule has 2 aromatic carbocycles. The van der Waals surface area contributed by atoms with Crippen LogP contribution in [0.15, 0.2) is 42.5 Å². The highest BCUT2D eigenvalue weighted by molar-refractivity contribution is 5.97. The van der Waals surface area contributed by atoms with E-state index >= 15 is 0 Å². The fourth-order valence-corrected chi connectivity index (χ4v) is 2.16. The number of hydrogen-bond donors (Lipinski definition) is 0. The van der Waals surface area contributed by atoms with Crippen molar-refractivity contribution in [3.63, 3.8) is 0 Å². The lowest BCUT2D eigenvalue weighted by Crippen LogP contribution is -2.08. The first-order valence-electron chi connectivity index (χ1n) is 7.85. The van der Waals surface area contributed by atoms with Crippen LogP contribution in [-0.2, 0) is 16.1 Å². The number of esters is 1. The number of rotatable bonds is 8. The normalized spacial score (nSPS) is 10.4. The average Bonchev–Trinajstić information content (AvgIpc) is 2.60. The van der Waals surface area contributed by atoms with Gasteiger partial charge in [0.2, 0.25) is 0 Å². The van der Waals surface area contributed by atoms with Crippen molar-refractivity contribution in [1.82, 2.24) is 0 Å². The van der Waals surface area contributed by atoms with Crippen LogP contribution < -0.4 is 4.74 Å². The molecule has 0 spiro atoms. The van der Waals surface area contributed by atoms with Crippen molar-refractivity contribution in [3.05, 3.63) is 65.2 Å². The van der Waals surface area contributed by atoms with Crippen LogP contribution in [0.5, 0.6) is 5.75 Å². The third-order valence-electron chi connectivity index (χ3n) is 3.48. The number of carbonyl (C=O) groups is 2. The molecule has 0 radical (unpaired) electrons. The van der Waals surface area contributed by atoms with E-state index < -0.39 is 17.6 Å². The molecule has 0 unspecified atom stereocenters. The average molecular weight is 348 g/mol. The van der Waals surface area contributed by atoms with Gasteiger partial charge in [0.25, 0.3) is 0 Å². The topological polar surface area (TPSA) is 52.6 Å². The van der Waals surface area contributed by atoms with E-state index in [9.17, 15) is 18.4 Å². The Kier molecular flexibility index (Phi) is 6.62. The second-order valence-electron chi connectivity index (χ2n) is 5.24. The Morgan fingerprint density at radius 3 is 2.20 bits per heavy atom. The third-order valence-corrected chi connectivity index (χ3v) is 3.48. The molecule has 0 atom stereocenters. The predicted octanol–water partition coefficient (Wildman–Crippen LogP) is 4.07. The number of hydrogen-bond acceptors (Lipinski definition) is 4. The Morgan fingerprint density at radius 2 is 1.60 bits per heavy atom. The summed E-state index contributed by atoms with van der Waals surface area (Å²) in [5.41, 5.74) is 0.269. The van der Waals surface area contributed by atoms with Crippen LogP contribution in [0.2, 0.25) is 0 Å². The molecule has 25 heavy (non-hydrogen) atoms. The van der Waals surface area contributed by atoms with E-state index in [0.29, 0.717) is 11.3 Å². The number of Topliss-reactive ketones (excluding diaryl/α,β-unsaturated/α-hetero) is 1. The van der Waals surface area contributed by atoms with E-state index in [0.717, 1.165) is 12.1 Å². The largest absolute Gasteiger partial charge is 0.489 e. The molecule has 0 aliphatic rings. The summed E-state index contributed by atoms with van der Waals surface area (Å²) in [4.78, 5) is 23.2. The van der Waals surface area contributed by atoms with Crippen LogP contribution in [0.3, 0.4) is 0 Å². The second-order valence-corrected chi connectivity index (χ2v) is 5.24. The predicted molar refractivity (Wildman–Crippen MR) is 87.3 cm³/mol. The first-order valence-corrected chi connectivity index (χ1v) is 7.85. The van der Waals surface area contributed by atoms with E-state index in [1.807, 2.05) is 0 Å². The van der Waals surface area contributed by atoms with E-state index in [1.54, 1.807) is 19.1 Å². The summed E-state index contributed by atoms with van der Waals surface area (Å²) in [6.45, 7) is 1.72. The number of benzene rings is 2. The molecule has 0 aliphatic carbocycles. The summed E-state index contributed by atoms with van der Waals surface area (Å²) >= 11 is 0. The number of ketones is 1. The SMILES string of the molecule is CCOC(=O)CCC(=O)c1ccc(OCc2c(F)cccc2F)cc1. The third kappa shape index (κ3) is 5.38. The highest BCUT2D eigenvalue weighted by atomic mass is 19.1. The monoisotopic (exact) mass is 348 g/mol. The van der Waals surface area contributed by atoms with Crippen molar-refractivity contribution < 1.29 is 27.8 Å². The van der Waals surface area contributed by atoms with Gasteiger partial charge in [-0.2, -0.15) is 0 Å². The highest BCUT2D eigenvalue weighted by Crippen LogP contribution is 2.18. The Morgan fingerprint density at radius 1 is 0.960 bits per heavy atom. The van der Waals surface area contributed by atoms with E-state index in [1.165, 1.54) is 18.2 Å². The van der Waals surface area contributed by atoms with Crippen molar-refractivity contribution in [3.8, 4) is 5.75 Å². The van der Waals surface area contributed by atoms with Gasteiger partial charge in [0.15, 0.2) is 5.78 Å². The first kappa shape index (κ1) is 18.6. The lowest BCUT2D eigenvalue weighted by Gasteiger charge is -2.09. The van der Waals surface area contributed by atoms with Gasteiger partial charge >= 0.3 is 5.97 Å². The lowest BCUT2D eigenvalue weighted by atomic mass is 10.1. The Balaban J connectivity index is 1.91. The van der Waals surface area contributed by atoms with Crippen LogP contribution in [0.25, 0.3) is 0 Å². The maximum atomic E-state index is 13.5. The molecule has 2 aromatic rings. The maximum absolute atomic E-state index is 13.5. The van der Waals surface area contributed by atoms with Gasteiger partial charge in [-0.25, -0.2) is 8.78 Å². The van der Waals surface area contributed by atoms with E-state index in [2.05, 4.69) is 0 Å². The first-order chi connectivity index (χ1) is 12.0. The smallest absolute Gasteiger partial charge is 0.306 e. The Hall–Kier alpha value is -2.76. The van der Waals surface area contributed by atoms with Gasteiger partial charge in [0.1, 0.15) is 24.0 Å². The standard InChI is InChI=1S/C19H18F2O4/c1-2-24-19(23)11-10-18(22)13-6-8-14(9-7-13)25-12-15-16(20)4-3-5-17(15)21/h3-9H,2,10-12H2,1H3. The fourth-order valence-electron chi connectivity index (χ4n) is 2.16. The molecule has 2 rings (SSSR count). The van der Waals surface area contributed by atoms with Crippen molar-refractivity contribution in [2.75, 3.05) is 6.61 Å². The molecule has 0 aliphatic heterocycles. The second kappa shape index (κ2) is 8.92. The minimum atomic E-state index is -0.675. The molecular weight excluding hydrogens is 330 g/mol. The summed E-state index contributed by atoms with van der Waals surface area (Å²) in [6, 6.07) is 9.76. The summed E-state index contributed by atoms with van der Waals surface area (Å²) in [5.74, 6) is -1.58. The summed E-state index contributed by atoms with van der Waals surface area (Å²) in [6.07, 6.45) is 0.0803. The molecule has 4 nitrogen and oxygen atoms in total. The fraction of sp³-hybridized carbons (Fsp3) is 0.263. The molecule has 0 heterocycles. The summed E-state index contributed by atoms with van der Waals surface area (Å²) in [7, 11) is 0. The summed E-state index contributed by atoms with van der Waals surface area (Å²) < 4.78 is 37.2.